The third kappa shape index (κ3) is 3.07. The molecule has 0 radical (unpaired) electrons. The van der Waals surface area contributed by atoms with Gasteiger partial charge in [0, 0.05) is 21.7 Å². The summed E-state index contributed by atoms with van der Waals surface area (Å²) in [6.45, 7) is 7.74. The first-order valence-corrected chi connectivity index (χ1v) is 10.3. The number of rotatable bonds is 5. The average Bonchev–Trinajstić information content (AvgIpc) is 2.58. The summed E-state index contributed by atoms with van der Waals surface area (Å²) in [6.07, 6.45) is 1.56. The zero-order valence-corrected chi connectivity index (χ0v) is 13.4. The number of aromatic nitrogens is 4. The van der Waals surface area contributed by atoms with Gasteiger partial charge in [-0.15, -0.1) is 0 Å². The van der Waals surface area contributed by atoms with Crippen LogP contribution in [-0.4, -0.2) is 33.8 Å². The van der Waals surface area contributed by atoms with Crippen LogP contribution in [0.25, 0.3) is 11.2 Å². The van der Waals surface area contributed by atoms with Gasteiger partial charge in [-0.25, -0.2) is 9.78 Å². The number of hydrogen-bond acceptors (Lipinski definition) is 5. The van der Waals surface area contributed by atoms with Crippen molar-refractivity contribution in [2.24, 2.45) is 7.05 Å². The van der Waals surface area contributed by atoms with Gasteiger partial charge in [0.25, 0.3) is 0 Å². The van der Waals surface area contributed by atoms with Crippen LogP contribution >= 0.6 is 0 Å². The van der Waals surface area contributed by atoms with Gasteiger partial charge in [-0.05, 0) is 6.04 Å². The molecule has 0 aliphatic carbocycles. The van der Waals surface area contributed by atoms with Gasteiger partial charge in [0.05, 0.1) is 6.20 Å². The third-order valence-electron chi connectivity index (χ3n) is 3.11. The maximum Gasteiger partial charge on any atom is 0.332 e. The molecular weight excluding hydrogens is 274 g/mol. The summed E-state index contributed by atoms with van der Waals surface area (Å²) >= 11 is 0. The van der Waals surface area contributed by atoms with Crippen LogP contribution in [0.15, 0.2) is 11.0 Å². The van der Waals surface area contributed by atoms with Gasteiger partial charge in [-0.3, -0.25) is 9.13 Å². The largest absolute Gasteiger partial charge is 0.368 e. The number of hydrogen-bond donors (Lipinski definition) is 1. The Morgan fingerprint density at radius 2 is 2.10 bits per heavy atom. The predicted octanol–water partition coefficient (Wildman–Crippen LogP) is 1.02. The fraction of sp³-hybridized carbons (Fsp3) is 0.583. The van der Waals surface area contributed by atoms with Crippen molar-refractivity contribution in [3.63, 3.8) is 0 Å². The highest BCUT2D eigenvalue weighted by atomic mass is 28.3. The number of ether oxygens (including phenoxy) is 1. The van der Waals surface area contributed by atoms with E-state index in [1.165, 1.54) is 9.13 Å². The molecule has 0 saturated heterocycles. The van der Waals surface area contributed by atoms with Crippen molar-refractivity contribution in [3.05, 3.63) is 16.7 Å². The number of nitrogen functional groups attached to an aromatic ring is 1. The monoisotopic (exact) mass is 295 g/mol. The molecular formula is C12H21N5O2Si. The Hall–Kier alpha value is -1.67. The lowest BCUT2D eigenvalue weighted by atomic mass is 10.5. The standard InChI is InChI=1S/C12H21N5O2Si/c1-16-10-9(7-14-11(13)15-10)17(12(16)18)8-19-5-6-20(2,3)4/h7H,5-6,8H2,1-4H3,(H2,13,14,15). The van der Waals surface area contributed by atoms with Gasteiger partial charge in [-0.1, -0.05) is 19.6 Å². The minimum absolute atomic E-state index is 0.157. The van der Waals surface area contributed by atoms with Crippen LogP contribution in [0, 0.1) is 0 Å². The highest BCUT2D eigenvalue weighted by molar-refractivity contribution is 6.76. The molecule has 2 heterocycles. The Morgan fingerprint density at radius 3 is 2.75 bits per heavy atom. The van der Waals surface area contributed by atoms with Crippen molar-refractivity contribution in [1.29, 1.82) is 0 Å². The van der Waals surface area contributed by atoms with E-state index >= 15 is 0 Å². The number of nitrogens with two attached hydrogens (primary N) is 1. The molecule has 20 heavy (non-hydrogen) atoms. The molecule has 0 unspecified atom stereocenters. The summed E-state index contributed by atoms with van der Waals surface area (Å²) in [5, 5.41) is 0. The predicted molar refractivity (Wildman–Crippen MR) is 81.3 cm³/mol. The van der Waals surface area contributed by atoms with Gasteiger partial charge in [0.15, 0.2) is 5.65 Å². The fourth-order valence-electron chi connectivity index (χ4n) is 1.85. The quantitative estimate of drug-likeness (QED) is 0.657. The van der Waals surface area contributed by atoms with Crippen molar-refractivity contribution in [3.8, 4) is 0 Å². The van der Waals surface area contributed by atoms with Crippen molar-refractivity contribution >= 4 is 25.2 Å². The second kappa shape index (κ2) is 5.37. The molecule has 0 aliphatic rings. The Balaban J connectivity index is 2.18. The van der Waals surface area contributed by atoms with Gasteiger partial charge < -0.3 is 10.5 Å². The van der Waals surface area contributed by atoms with Gasteiger partial charge in [0.1, 0.15) is 12.2 Å². The minimum Gasteiger partial charge on any atom is -0.368 e. The molecule has 110 valence electrons. The number of imidazole rings is 1. The molecule has 0 aromatic carbocycles. The van der Waals surface area contributed by atoms with Crippen LogP contribution in [0.2, 0.25) is 25.7 Å². The molecule has 0 atom stereocenters. The van der Waals surface area contributed by atoms with E-state index < -0.39 is 8.07 Å². The van der Waals surface area contributed by atoms with Crippen LogP contribution in [0.4, 0.5) is 5.95 Å². The summed E-state index contributed by atoms with van der Waals surface area (Å²) in [7, 11) is 0.539. The molecule has 0 saturated carbocycles. The van der Waals surface area contributed by atoms with E-state index in [1.54, 1.807) is 13.2 Å². The van der Waals surface area contributed by atoms with Gasteiger partial charge in [0.2, 0.25) is 5.95 Å². The van der Waals surface area contributed by atoms with Gasteiger partial charge >= 0.3 is 5.69 Å². The number of nitrogens with zero attached hydrogens (tertiary/aromatic N) is 4. The number of fused-ring (bicyclic) bond motifs is 1. The second-order valence-electron chi connectivity index (χ2n) is 6.05. The first-order chi connectivity index (χ1) is 9.29. The Morgan fingerprint density at radius 1 is 1.40 bits per heavy atom. The normalized spacial score (nSPS) is 12.2. The lowest BCUT2D eigenvalue weighted by molar-refractivity contribution is 0.0873. The average molecular weight is 295 g/mol. The van der Waals surface area contributed by atoms with Crippen molar-refractivity contribution in [2.75, 3.05) is 12.3 Å². The molecule has 2 aromatic heterocycles. The molecule has 2 aromatic rings. The molecule has 0 bridgehead atoms. The Labute approximate surface area is 118 Å². The Bertz CT molecular complexity index is 671. The molecule has 7 nitrogen and oxygen atoms in total. The van der Waals surface area contributed by atoms with Gasteiger partial charge in [-0.2, -0.15) is 4.98 Å². The molecule has 8 heteroatoms. The van der Waals surface area contributed by atoms with E-state index in [-0.39, 0.29) is 18.4 Å². The summed E-state index contributed by atoms with van der Waals surface area (Å²) in [5.74, 6) is 0.157. The zero-order chi connectivity index (χ0) is 14.9. The van der Waals surface area contributed by atoms with Crippen molar-refractivity contribution in [2.45, 2.75) is 32.4 Å². The molecule has 0 fully saturated rings. The first-order valence-electron chi connectivity index (χ1n) is 6.55. The van der Waals surface area contributed by atoms with Crippen LogP contribution < -0.4 is 11.4 Å². The minimum atomic E-state index is -1.12. The number of anilines is 1. The van der Waals surface area contributed by atoms with Crippen molar-refractivity contribution < 1.29 is 4.74 Å². The van der Waals surface area contributed by atoms with E-state index in [1.807, 2.05) is 0 Å². The van der Waals surface area contributed by atoms with Crippen LogP contribution in [-0.2, 0) is 18.5 Å². The van der Waals surface area contributed by atoms with Crippen LogP contribution in [0.3, 0.4) is 0 Å². The second-order valence-corrected chi connectivity index (χ2v) is 11.7. The number of aryl methyl sites for hydroxylation is 1. The summed E-state index contributed by atoms with van der Waals surface area (Å²) < 4.78 is 8.61. The fourth-order valence-corrected chi connectivity index (χ4v) is 2.61. The molecule has 0 amide bonds. The van der Waals surface area contributed by atoms with Crippen LogP contribution in [0.1, 0.15) is 0 Å². The van der Waals surface area contributed by atoms with Crippen LogP contribution in [0.5, 0.6) is 0 Å². The van der Waals surface area contributed by atoms with E-state index in [4.69, 9.17) is 10.5 Å². The van der Waals surface area contributed by atoms with E-state index in [2.05, 4.69) is 29.6 Å². The Kier molecular flexibility index (Phi) is 3.96. The lowest BCUT2D eigenvalue weighted by Gasteiger charge is -2.15. The summed E-state index contributed by atoms with van der Waals surface area (Å²) in [5.41, 5.74) is 6.54. The topological polar surface area (TPSA) is 88.0 Å². The van der Waals surface area contributed by atoms with E-state index in [0.29, 0.717) is 17.8 Å². The molecule has 0 spiro atoms. The first kappa shape index (κ1) is 14.7. The smallest absolute Gasteiger partial charge is 0.332 e. The van der Waals surface area contributed by atoms with E-state index in [9.17, 15) is 4.79 Å². The maximum absolute atomic E-state index is 12.1. The molecule has 0 aliphatic heterocycles. The SMILES string of the molecule is Cn1c(=O)n(COCC[Si](C)(C)C)c2cnc(N)nc21. The summed E-state index contributed by atoms with van der Waals surface area (Å²) in [4.78, 5) is 20.2. The zero-order valence-electron chi connectivity index (χ0n) is 12.4. The highest BCUT2D eigenvalue weighted by Crippen LogP contribution is 2.11. The molecule has 2 N–H and O–H groups in total. The van der Waals surface area contributed by atoms with Crippen molar-refractivity contribution in [1.82, 2.24) is 19.1 Å². The maximum atomic E-state index is 12.1. The highest BCUT2D eigenvalue weighted by Gasteiger charge is 2.14. The molecule has 2 rings (SSSR count). The van der Waals surface area contributed by atoms with E-state index in [0.717, 1.165) is 6.04 Å². The lowest BCUT2D eigenvalue weighted by Crippen LogP contribution is -2.25. The third-order valence-corrected chi connectivity index (χ3v) is 4.82. The summed E-state index contributed by atoms with van der Waals surface area (Å²) in [6, 6.07) is 1.07.